The summed E-state index contributed by atoms with van der Waals surface area (Å²) in [5.41, 5.74) is 1.09. The van der Waals surface area contributed by atoms with Crippen LogP contribution in [0.4, 0.5) is 0 Å². The predicted octanol–water partition coefficient (Wildman–Crippen LogP) is 4.36. The molecule has 0 aliphatic carbocycles. The summed E-state index contributed by atoms with van der Waals surface area (Å²) < 4.78 is 5.83. The van der Waals surface area contributed by atoms with Crippen LogP contribution in [-0.4, -0.2) is 27.6 Å². The Morgan fingerprint density at radius 2 is 1.96 bits per heavy atom. The van der Waals surface area contributed by atoms with Crippen LogP contribution in [-0.2, 0) is 16.1 Å². The SMILES string of the molecule is O=C(CCCCCN1C(=O)/C(=C/c2ccco2)SC1=S)NCc1ccccc1. The molecule has 3 rings (SSSR count). The van der Waals surface area contributed by atoms with Crippen LogP contribution in [0.5, 0.6) is 0 Å². The number of benzene rings is 1. The number of hydrogen-bond acceptors (Lipinski definition) is 5. The highest BCUT2D eigenvalue weighted by molar-refractivity contribution is 8.26. The van der Waals surface area contributed by atoms with Gasteiger partial charge < -0.3 is 9.73 Å². The molecule has 0 radical (unpaired) electrons. The second-order valence-corrected chi connectivity index (χ2v) is 8.10. The highest BCUT2D eigenvalue weighted by atomic mass is 32.2. The number of thiocarbonyl (C=S) groups is 1. The third-order valence-electron chi connectivity index (χ3n) is 4.31. The molecule has 0 spiro atoms. The monoisotopic (exact) mass is 414 g/mol. The maximum atomic E-state index is 12.5. The van der Waals surface area contributed by atoms with Crippen molar-refractivity contribution in [3.05, 3.63) is 65.0 Å². The van der Waals surface area contributed by atoms with E-state index < -0.39 is 0 Å². The average Bonchev–Trinajstić information content (AvgIpc) is 3.30. The van der Waals surface area contributed by atoms with Crippen molar-refractivity contribution in [1.82, 2.24) is 10.2 Å². The third kappa shape index (κ3) is 5.81. The van der Waals surface area contributed by atoms with Crippen molar-refractivity contribution < 1.29 is 14.0 Å². The van der Waals surface area contributed by atoms with Gasteiger partial charge in [-0.2, -0.15) is 0 Å². The summed E-state index contributed by atoms with van der Waals surface area (Å²) in [5.74, 6) is 0.616. The quantitative estimate of drug-likeness (QED) is 0.375. The van der Waals surface area contributed by atoms with Gasteiger partial charge in [0.25, 0.3) is 5.91 Å². The van der Waals surface area contributed by atoms with Crippen molar-refractivity contribution in [3.63, 3.8) is 0 Å². The molecule has 1 fully saturated rings. The first-order valence-electron chi connectivity index (χ1n) is 9.23. The number of unbranched alkanes of at least 4 members (excludes halogenated alkanes) is 2. The summed E-state index contributed by atoms with van der Waals surface area (Å²) in [4.78, 5) is 26.6. The average molecular weight is 415 g/mol. The molecule has 1 aromatic heterocycles. The predicted molar refractivity (Wildman–Crippen MR) is 115 cm³/mol. The van der Waals surface area contributed by atoms with Gasteiger partial charge in [-0.3, -0.25) is 14.5 Å². The van der Waals surface area contributed by atoms with Crippen molar-refractivity contribution in [2.24, 2.45) is 0 Å². The topological polar surface area (TPSA) is 62.6 Å². The Bertz CT molecular complexity index is 848. The Labute approximate surface area is 174 Å². The molecule has 1 aliphatic heterocycles. The van der Waals surface area contributed by atoms with Gasteiger partial charge in [-0.1, -0.05) is 60.7 Å². The van der Waals surface area contributed by atoms with E-state index in [1.165, 1.54) is 11.8 Å². The van der Waals surface area contributed by atoms with Crippen molar-refractivity contribution in [3.8, 4) is 0 Å². The number of nitrogens with zero attached hydrogens (tertiary/aromatic N) is 1. The number of amides is 2. The van der Waals surface area contributed by atoms with Gasteiger partial charge in [0.15, 0.2) is 0 Å². The van der Waals surface area contributed by atoms with E-state index in [9.17, 15) is 9.59 Å². The molecule has 1 aromatic carbocycles. The molecule has 0 unspecified atom stereocenters. The number of furan rings is 1. The zero-order valence-electron chi connectivity index (χ0n) is 15.4. The molecule has 7 heteroatoms. The molecule has 2 aromatic rings. The summed E-state index contributed by atoms with van der Waals surface area (Å²) in [6, 6.07) is 13.4. The third-order valence-corrected chi connectivity index (χ3v) is 5.69. The van der Waals surface area contributed by atoms with Crippen molar-refractivity contribution in [2.45, 2.75) is 32.2 Å². The Hall–Kier alpha value is -2.38. The lowest BCUT2D eigenvalue weighted by Crippen LogP contribution is -2.29. The Balaban J connectivity index is 1.34. The number of carbonyl (C=O) groups is 2. The summed E-state index contributed by atoms with van der Waals surface area (Å²) in [5, 5.41) is 2.93. The van der Waals surface area contributed by atoms with Crippen LogP contribution >= 0.6 is 24.0 Å². The number of carbonyl (C=O) groups excluding carboxylic acids is 2. The minimum atomic E-state index is -0.0768. The molecule has 146 valence electrons. The van der Waals surface area contributed by atoms with Gasteiger partial charge in [-0.15, -0.1) is 0 Å². The van der Waals surface area contributed by atoms with Crippen LogP contribution in [0.25, 0.3) is 6.08 Å². The van der Waals surface area contributed by atoms with E-state index in [4.69, 9.17) is 16.6 Å². The van der Waals surface area contributed by atoms with Crippen LogP contribution in [0.15, 0.2) is 58.1 Å². The molecule has 2 heterocycles. The first-order chi connectivity index (χ1) is 13.6. The summed E-state index contributed by atoms with van der Waals surface area (Å²) in [7, 11) is 0. The molecule has 5 nitrogen and oxygen atoms in total. The Morgan fingerprint density at radius 1 is 1.14 bits per heavy atom. The summed E-state index contributed by atoms with van der Waals surface area (Å²) in [6.07, 6.45) is 6.25. The van der Waals surface area contributed by atoms with Gasteiger partial charge in [0.1, 0.15) is 10.1 Å². The molecule has 1 N–H and O–H groups in total. The van der Waals surface area contributed by atoms with Gasteiger partial charge in [-0.05, 0) is 30.5 Å². The van der Waals surface area contributed by atoms with Gasteiger partial charge >= 0.3 is 0 Å². The fraction of sp³-hybridized carbons (Fsp3) is 0.286. The van der Waals surface area contributed by atoms with Crippen LogP contribution in [0.1, 0.15) is 37.0 Å². The first kappa shape index (κ1) is 20.4. The summed E-state index contributed by atoms with van der Waals surface area (Å²) in [6.45, 7) is 1.13. The van der Waals surface area contributed by atoms with E-state index in [1.54, 1.807) is 29.4 Å². The van der Waals surface area contributed by atoms with E-state index in [2.05, 4.69) is 5.32 Å². The zero-order chi connectivity index (χ0) is 19.8. The van der Waals surface area contributed by atoms with Crippen LogP contribution < -0.4 is 5.32 Å². The van der Waals surface area contributed by atoms with Crippen LogP contribution in [0.2, 0.25) is 0 Å². The molecule has 0 atom stereocenters. The lowest BCUT2D eigenvalue weighted by atomic mass is 10.1. The maximum Gasteiger partial charge on any atom is 0.266 e. The lowest BCUT2D eigenvalue weighted by molar-refractivity contribution is -0.123. The molecule has 2 amide bonds. The second kappa shape index (κ2) is 10.2. The molecule has 0 bridgehead atoms. The fourth-order valence-corrected chi connectivity index (χ4v) is 4.10. The number of nitrogens with one attached hydrogen (secondary N) is 1. The van der Waals surface area contributed by atoms with E-state index in [0.29, 0.717) is 34.5 Å². The van der Waals surface area contributed by atoms with E-state index in [0.717, 1.165) is 24.8 Å². The lowest BCUT2D eigenvalue weighted by Gasteiger charge is -2.14. The fourth-order valence-electron chi connectivity index (χ4n) is 2.81. The number of hydrogen-bond donors (Lipinski definition) is 1. The minimum Gasteiger partial charge on any atom is -0.465 e. The number of rotatable bonds is 9. The highest BCUT2D eigenvalue weighted by Crippen LogP contribution is 2.32. The van der Waals surface area contributed by atoms with Gasteiger partial charge in [0.05, 0.1) is 11.2 Å². The molecule has 0 saturated carbocycles. The molecular formula is C21H22N2O3S2. The molecular weight excluding hydrogens is 392 g/mol. The summed E-state index contributed by atoms with van der Waals surface area (Å²) >= 11 is 6.62. The van der Waals surface area contributed by atoms with E-state index in [1.807, 2.05) is 30.3 Å². The van der Waals surface area contributed by atoms with E-state index >= 15 is 0 Å². The van der Waals surface area contributed by atoms with Crippen LogP contribution in [0.3, 0.4) is 0 Å². The molecule has 1 aliphatic rings. The van der Waals surface area contributed by atoms with Crippen molar-refractivity contribution in [2.75, 3.05) is 6.54 Å². The van der Waals surface area contributed by atoms with Crippen molar-refractivity contribution in [1.29, 1.82) is 0 Å². The van der Waals surface area contributed by atoms with Gasteiger partial charge in [0.2, 0.25) is 5.91 Å². The van der Waals surface area contributed by atoms with Gasteiger partial charge in [0, 0.05) is 25.6 Å². The van der Waals surface area contributed by atoms with Gasteiger partial charge in [-0.25, -0.2) is 0 Å². The second-order valence-electron chi connectivity index (χ2n) is 6.42. The standard InChI is InChI=1S/C21H22N2O3S2/c24-19(22-15-16-8-3-1-4-9-16)11-5-2-6-12-23-20(25)18(28-21(23)27)14-17-10-7-13-26-17/h1,3-4,7-10,13-14H,2,5-6,11-12,15H2,(H,22,24)/b18-14-. The van der Waals surface area contributed by atoms with Crippen LogP contribution in [0, 0.1) is 0 Å². The largest absolute Gasteiger partial charge is 0.465 e. The smallest absolute Gasteiger partial charge is 0.266 e. The maximum absolute atomic E-state index is 12.5. The molecule has 28 heavy (non-hydrogen) atoms. The Morgan fingerprint density at radius 3 is 2.71 bits per heavy atom. The zero-order valence-corrected chi connectivity index (χ0v) is 17.1. The van der Waals surface area contributed by atoms with Crippen molar-refractivity contribution >= 4 is 46.2 Å². The minimum absolute atomic E-state index is 0.0517. The first-order valence-corrected chi connectivity index (χ1v) is 10.5. The number of thioether (sulfide) groups is 1. The normalized spacial score (nSPS) is 15.4. The van der Waals surface area contributed by atoms with E-state index in [-0.39, 0.29) is 11.8 Å². The molecule has 1 saturated heterocycles. The highest BCUT2D eigenvalue weighted by Gasteiger charge is 2.31. The Kier molecular flexibility index (Phi) is 7.45.